The van der Waals surface area contributed by atoms with E-state index in [-0.39, 0.29) is 24.7 Å². The first-order valence-electron chi connectivity index (χ1n) is 11.2. The Morgan fingerprint density at radius 3 is 2.83 bits per heavy atom. The van der Waals surface area contributed by atoms with Crippen LogP contribution < -0.4 is 4.74 Å². The lowest BCUT2D eigenvalue weighted by Crippen LogP contribution is -2.28. The molecule has 1 aromatic rings. The van der Waals surface area contributed by atoms with Crippen molar-refractivity contribution in [2.24, 2.45) is 11.8 Å². The van der Waals surface area contributed by atoms with Gasteiger partial charge in [-0.25, -0.2) is 4.79 Å². The van der Waals surface area contributed by atoms with Crippen LogP contribution in [-0.4, -0.2) is 42.1 Å². The van der Waals surface area contributed by atoms with Gasteiger partial charge in [0.15, 0.2) is 6.61 Å². The molecule has 0 aliphatic heterocycles. The second-order valence-corrected chi connectivity index (χ2v) is 8.78. The van der Waals surface area contributed by atoms with Crippen molar-refractivity contribution in [2.45, 2.75) is 82.8 Å². The van der Waals surface area contributed by atoms with Gasteiger partial charge < -0.3 is 19.7 Å². The highest BCUT2D eigenvalue weighted by molar-refractivity contribution is 5.71. The van der Waals surface area contributed by atoms with Crippen molar-refractivity contribution >= 4 is 5.97 Å². The first-order chi connectivity index (χ1) is 14.0. The highest BCUT2D eigenvalue weighted by Gasteiger charge is 2.43. The molecule has 2 N–H and O–H groups in total. The standard InChI is InChI=1S/C24H36O5/c1-3-4-5-8-18(25)10-11-20-21-14-19(26)13-17(21)12-16-7-6-9-22(24(16)20)29-15-23(27)28-2/h6-7,9,17-21,25-26H,3-5,8,10-15H2,1-2H3. The van der Waals surface area contributed by atoms with Crippen molar-refractivity contribution in [3.05, 3.63) is 29.3 Å². The number of esters is 1. The van der Waals surface area contributed by atoms with E-state index in [1.54, 1.807) is 0 Å². The number of hydrogen-bond donors (Lipinski definition) is 2. The molecule has 1 saturated carbocycles. The van der Waals surface area contributed by atoms with Crippen LogP contribution in [0.3, 0.4) is 0 Å². The van der Waals surface area contributed by atoms with Crippen molar-refractivity contribution in [3.63, 3.8) is 0 Å². The van der Waals surface area contributed by atoms with Gasteiger partial charge in [0, 0.05) is 5.56 Å². The Morgan fingerprint density at radius 1 is 1.24 bits per heavy atom. The van der Waals surface area contributed by atoms with Crippen molar-refractivity contribution in [3.8, 4) is 5.75 Å². The van der Waals surface area contributed by atoms with Crippen LogP contribution in [-0.2, 0) is 16.0 Å². The van der Waals surface area contributed by atoms with Crippen molar-refractivity contribution < 1.29 is 24.5 Å². The van der Waals surface area contributed by atoms with Crippen molar-refractivity contribution in [1.29, 1.82) is 0 Å². The molecule has 0 spiro atoms. The Labute approximate surface area is 174 Å². The molecule has 29 heavy (non-hydrogen) atoms. The maximum Gasteiger partial charge on any atom is 0.343 e. The van der Waals surface area contributed by atoms with E-state index in [1.807, 2.05) is 12.1 Å². The van der Waals surface area contributed by atoms with Crippen LogP contribution in [0.2, 0.25) is 0 Å². The highest BCUT2D eigenvalue weighted by atomic mass is 16.6. The van der Waals surface area contributed by atoms with E-state index in [0.717, 1.165) is 63.5 Å². The average molecular weight is 405 g/mol. The largest absolute Gasteiger partial charge is 0.482 e. The number of methoxy groups -OCH3 is 1. The molecule has 5 heteroatoms. The number of carbonyl (C=O) groups is 1. The zero-order valence-corrected chi connectivity index (χ0v) is 17.8. The van der Waals surface area contributed by atoms with E-state index < -0.39 is 5.97 Å². The number of rotatable bonds is 10. The lowest BCUT2D eigenvalue weighted by molar-refractivity contribution is -0.142. The van der Waals surface area contributed by atoms with Gasteiger partial charge >= 0.3 is 5.97 Å². The lowest BCUT2D eigenvalue weighted by Gasteiger charge is -2.37. The Balaban J connectivity index is 1.78. The predicted octanol–water partition coefficient (Wildman–Crippen LogP) is 3.99. The molecule has 5 unspecified atom stereocenters. The lowest BCUT2D eigenvalue weighted by atomic mass is 9.68. The van der Waals surface area contributed by atoms with E-state index in [2.05, 4.69) is 13.0 Å². The molecule has 162 valence electrons. The number of unbranched alkanes of at least 4 members (excludes halogenated alkanes) is 2. The number of ether oxygens (including phenoxy) is 2. The highest BCUT2D eigenvalue weighted by Crippen LogP contribution is 2.52. The molecule has 1 aromatic carbocycles. The monoisotopic (exact) mass is 404 g/mol. The summed E-state index contributed by atoms with van der Waals surface area (Å²) in [6, 6.07) is 6.05. The third-order valence-electron chi connectivity index (χ3n) is 6.78. The number of aliphatic hydroxyl groups is 2. The normalized spacial score (nSPS) is 26.5. The number of hydrogen-bond acceptors (Lipinski definition) is 5. The molecule has 0 aromatic heterocycles. The molecule has 0 radical (unpaired) electrons. The van der Waals surface area contributed by atoms with E-state index >= 15 is 0 Å². The van der Waals surface area contributed by atoms with Crippen molar-refractivity contribution in [1.82, 2.24) is 0 Å². The third-order valence-corrected chi connectivity index (χ3v) is 6.78. The van der Waals surface area contributed by atoms with Crippen LogP contribution in [0.4, 0.5) is 0 Å². The van der Waals surface area contributed by atoms with Gasteiger partial charge in [-0.05, 0) is 67.9 Å². The van der Waals surface area contributed by atoms with Gasteiger partial charge in [-0.2, -0.15) is 0 Å². The summed E-state index contributed by atoms with van der Waals surface area (Å²) in [5.74, 6) is 1.49. The van der Waals surface area contributed by atoms with Crippen LogP contribution in [0, 0.1) is 11.8 Å². The van der Waals surface area contributed by atoms with Crippen LogP contribution in [0.5, 0.6) is 5.75 Å². The Bertz CT molecular complexity index is 673. The molecule has 1 fully saturated rings. The van der Waals surface area contributed by atoms with Gasteiger partial charge in [0.25, 0.3) is 0 Å². The van der Waals surface area contributed by atoms with Gasteiger partial charge in [0.2, 0.25) is 0 Å². The maximum atomic E-state index is 11.6. The minimum atomic E-state index is -0.393. The molecular weight excluding hydrogens is 368 g/mol. The molecule has 0 bridgehead atoms. The van der Waals surface area contributed by atoms with Crippen LogP contribution in [0.15, 0.2) is 18.2 Å². The van der Waals surface area contributed by atoms with Crippen molar-refractivity contribution in [2.75, 3.05) is 13.7 Å². The summed E-state index contributed by atoms with van der Waals surface area (Å²) in [7, 11) is 1.36. The Hall–Kier alpha value is -1.59. The molecule has 0 saturated heterocycles. The van der Waals surface area contributed by atoms with Gasteiger partial charge in [-0.3, -0.25) is 0 Å². The molecule has 0 amide bonds. The number of aliphatic hydroxyl groups excluding tert-OH is 2. The zero-order chi connectivity index (χ0) is 20.8. The summed E-state index contributed by atoms with van der Waals surface area (Å²) in [6.45, 7) is 2.07. The fourth-order valence-corrected chi connectivity index (χ4v) is 5.37. The SMILES string of the molecule is CCCCCC(O)CCC1c2c(cccc2OCC(=O)OC)CC2CC(O)CC21. The quantitative estimate of drug-likeness (QED) is 0.456. The molecule has 3 rings (SSSR count). The first-order valence-corrected chi connectivity index (χ1v) is 11.2. The Morgan fingerprint density at radius 2 is 2.07 bits per heavy atom. The summed E-state index contributed by atoms with van der Waals surface area (Å²) in [5, 5.41) is 20.8. The zero-order valence-electron chi connectivity index (χ0n) is 17.8. The number of carbonyl (C=O) groups excluding carboxylic acids is 1. The van der Waals surface area contributed by atoms with Gasteiger partial charge in [-0.1, -0.05) is 38.3 Å². The minimum Gasteiger partial charge on any atom is -0.482 e. The van der Waals surface area contributed by atoms with Gasteiger partial charge in [0.1, 0.15) is 5.75 Å². The fourth-order valence-electron chi connectivity index (χ4n) is 5.37. The average Bonchev–Trinajstić information content (AvgIpc) is 3.09. The smallest absolute Gasteiger partial charge is 0.343 e. The van der Waals surface area contributed by atoms with E-state index in [0.29, 0.717) is 11.8 Å². The first kappa shape index (κ1) is 22.1. The molecule has 0 heterocycles. The minimum absolute atomic E-state index is 0.101. The van der Waals surface area contributed by atoms with Gasteiger partial charge in [0.05, 0.1) is 19.3 Å². The second-order valence-electron chi connectivity index (χ2n) is 8.78. The predicted molar refractivity (Wildman–Crippen MR) is 112 cm³/mol. The van der Waals surface area contributed by atoms with Gasteiger partial charge in [-0.15, -0.1) is 0 Å². The summed E-state index contributed by atoms with van der Waals surface area (Å²) < 4.78 is 10.6. The topological polar surface area (TPSA) is 76.0 Å². The van der Waals surface area contributed by atoms with E-state index in [1.165, 1.54) is 18.2 Å². The molecule has 2 aliphatic rings. The second kappa shape index (κ2) is 10.4. The fraction of sp³-hybridized carbons (Fsp3) is 0.708. The molecule has 2 aliphatic carbocycles. The molecular formula is C24H36O5. The van der Waals surface area contributed by atoms with Crippen LogP contribution >= 0.6 is 0 Å². The summed E-state index contributed by atoms with van der Waals surface area (Å²) in [5.41, 5.74) is 2.43. The summed E-state index contributed by atoms with van der Waals surface area (Å²) >= 11 is 0. The number of fused-ring (bicyclic) bond motifs is 2. The molecule has 5 atom stereocenters. The third kappa shape index (κ3) is 5.52. The summed E-state index contributed by atoms with van der Waals surface area (Å²) in [4.78, 5) is 11.6. The maximum absolute atomic E-state index is 11.6. The van der Waals surface area contributed by atoms with Crippen LogP contribution in [0.25, 0.3) is 0 Å². The Kier molecular flexibility index (Phi) is 7.96. The molecule has 5 nitrogen and oxygen atoms in total. The van der Waals surface area contributed by atoms with Crippen LogP contribution in [0.1, 0.15) is 75.3 Å². The number of benzene rings is 1. The van der Waals surface area contributed by atoms with E-state index in [4.69, 9.17) is 9.47 Å². The summed E-state index contributed by atoms with van der Waals surface area (Å²) in [6.07, 6.45) is 7.97. The van der Waals surface area contributed by atoms with E-state index in [9.17, 15) is 15.0 Å².